The number of rotatable bonds is 3. The highest BCUT2D eigenvalue weighted by Crippen LogP contribution is 2.27. The lowest BCUT2D eigenvalue weighted by Gasteiger charge is -2.06. The summed E-state index contributed by atoms with van der Waals surface area (Å²) in [7, 11) is 1.73. The van der Waals surface area contributed by atoms with Crippen molar-refractivity contribution in [3.05, 3.63) is 48.0 Å². The Balaban J connectivity index is 2.21. The van der Waals surface area contributed by atoms with Crippen LogP contribution in [0, 0.1) is 11.3 Å². The number of aryl methyl sites for hydroxylation is 1. The number of halogens is 2. The molecule has 0 amide bonds. The molecule has 0 bridgehead atoms. The summed E-state index contributed by atoms with van der Waals surface area (Å²) in [4.78, 5) is 4.17. The number of aromatic nitrogens is 4. The molecule has 0 unspecified atom stereocenters. The molecule has 0 aliphatic heterocycles. The second kappa shape index (κ2) is 5.41. The van der Waals surface area contributed by atoms with Gasteiger partial charge in [0.25, 0.3) is 0 Å². The number of fused-ring (bicyclic) bond motifs is 1. The molecular weight excluding hydrogens is 288 g/mol. The number of alkyl halides is 2. The van der Waals surface area contributed by atoms with Gasteiger partial charge in [0.2, 0.25) is 0 Å². The summed E-state index contributed by atoms with van der Waals surface area (Å²) in [5, 5.41) is 13.3. The van der Waals surface area contributed by atoms with Crippen molar-refractivity contribution in [3.8, 4) is 6.07 Å². The van der Waals surface area contributed by atoms with E-state index in [0.29, 0.717) is 16.6 Å². The first-order valence-electron chi connectivity index (χ1n) is 6.46. The first kappa shape index (κ1) is 13.9. The van der Waals surface area contributed by atoms with Gasteiger partial charge in [-0.3, -0.25) is 9.25 Å². The van der Waals surface area contributed by atoms with Crippen molar-refractivity contribution in [2.24, 2.45) is 7.05 Å². The third-order valence-corrected chi connectivity index (χ3v) is 3.19. The number of nitriles is 1. The highest BCUT2D eigenvalue weighted by Gasteiger charge is 2.20. The van der Waals surface area contributed by atoms with E-state index in [9.17, 15) is 14.0 Å². The smallest absolute Gasteiger partial charge is 0.275 e. The molecule has 110 valence electrons. The lowest BCUT2D eigenvalue weighted by Crippen LogP contribution is -2.03. The van der Waals surface area contributed by atoms with E-state index in [4.69, 9.17) is 0 Å². The fourth-order valence-corrected chi connectivity index (χ4v) is 2.26. The standard InChI is InChI=1S/C15H11F2N5/c1-21-9-10(8-19-21)6-11(7-18)14-20-12-4-2-3-5-13(12)22(14)15(16)17/h2-6,8-9,15H,1H3. The van der Waals surface area contributed by atoms with Crippen LogP contribution in [0.4, 0.5) is 8.78 Å². The maximum Gasteiger partial charge on any atom is 0.320 e. The number of nitrogens with zero attached hydrogens (tertiary/aromatic N) is 5. The van der Waals surface area contributed by atoms with Crippen molar-refractivity contribution in [1.29, 1.82) is 5.26 Å². The molecule has 0 aliphatic carbocycles. The van der Waals surface area contributed by atoms with Gasteiger partial charge in [-0.15, -0.1) is 0 Å². The van der Waals surface area contributed by atoms with E-state index in [-0.39, 0.29) is 11.4 Å². The Kier molecular flexibility index (Phi) is 3.43. The highest BCUT2D eigenvalue weighted by atomic mass is 19.3. The van der Waals surface area contributed by atoms with Gasteiger partial charge in [0.15, 0.2) is 5.82 Å². The Morgan fingerprint density at radius 1 is 1.36 bits per heavy atom. The molecule has 0 aliphatic rings. The van der Waals surface area contributed by atoms with Crippen LogP contribution in [0.2, 0.25) is 0 Å². The maximum atomic E-state index is 13.4. The van der Waals surface area contributed by atoms with Gasteiger partial charge in [0, 0.05) is 18.8 Å². The predicted molar refractivity (Wildman–Crippen MR) is 77.7 cm³/mol. The first-order valence-corrected chi connectivity index (χ1v) is 6.46. The Morgan fingerprint density at radius 2 is 2.14 bits per heavy atom. The van der Waals surface area contributed by atoms with Crippen molar-refractivity contribution in [2.45, 2.75) is 6.55 Å². The summed E-state index contributed by atoms with van der Waals surface area (Å²) in [5.74, 6) is -0.0532. The number of hydrogen-bond donors (Lipinski definition) is 0. The van der Waals surface area contributed by atoms with Gasteiger partial charge in [0.05, 0.1) is 22.8 Å². The topological polar surface area (TPSA) is 59.4 Å². The van der Waals surface area contributed by atoms with Crippen LogP contribution in [0.25, 0.3) is 22.7 Å². The van der Waals surface area contributed by atoms with Crippen LogP contribution in [0.5, 0.6) is 0 Å². The second-order valence-electron chi connectivity index (χ2n) is 4.69. The molecule has 2 aromatic heterocycles. The Labute approximate surface area is 124 Å². The molecule has 0 saturated carbocycles. The van der Waals surface area contributed by atoms with Gasteiger partial charge in [-0.05, 0) is 18.2 Å². The largest absolute Gasteiger partial charge is 0.320 e. The second-order valence-corrected chi connectivity index (χ2v) is 4.69. The van der Waals surface area contributed by atoms with Crippen LogP contribution in [0.15, 0.2) is 36.7 Å². The van der Waals surface area contributed by atoms with Gasteiger partial charge in [0.1, 0.15) is 6.07 Å². The zero-order valence-electron chi connectivity index (χ0n) is 11.6. The van der Waals surface area contributed by atoms with E-state index in [1.165, 1.54) is 6.08 Å². The third-order valence-electron chi connectivity index (χ3n) is 3.19. The number of para-hydroxylation sites is 2. The average Bonchev–Trinajstić information content (AvgIpc) is 3.07. The minimum Gasteiger partial charge on any atom is -0.275 e. The van der Waals surface area contributed by atoms with Gasteiger partial charge in [-0.1, -0.05) is 12.1 Å². The normalized spacial score (nSPS) is 12.0. The molecule has 5 nitrogen and oxygen atoms in total. The Bertz CT molecular complexity index is 898. The van der Waals surface area contributed by atoms with E-state index in [2.05, 4.69) is 10.1 Å². The maximum absolute atomic E-state index is 13.4. The van der Waals surface area contributed by atoms with Crippen LogP contribution in [0.3, 0.4) is 0 Å². The van der Waals surface area contributed by atoms with Crippen molar-refractivity contribution in [2.75, 3.05) is 0 Å². The predicted octanol–water partition coefficient (Wildman–Crippen LogP) is 3.23. The van der Waals surface area contributed by atoms with Crippen LogP contribution in [0.1, 0.15) is 17.9 Å². The zero-order chi connectivity index (χ0) is 15.7. The molecule has 0 spiro atoms. The highest BCUT2D eigenvalue weighted by molar-refractivity contribution is 5.90. The Hall–Kier alpha value is -3.01. The van der Waals surface area contributed by atoms with Gasteiger partial charge < -0.3 is 0 Å². The molecule has 0 saturated heterocycles. The molecule has 0 radical (unpaired) electrons. The van der Waals surface area contributed by atoms with Gasteiger partial charge >= 0.3 is 6.55 Å². The summed E-state index contributed by atoms with van der Waals surface area (Å²) in [6.45, 7) is -2.78. The van der Waals surface area contributed by atoms with Gasteiger partial charge in [-0.2, -0.15) is 19.1 Å². The number of hydrogen-bond acceptors (Lipinski definition) is 3. The minimum atomic E-state index is -2.78. The molecule has 0 N–H and O–H groups in total. The Morgan fingerprint density at radius 3 is 2.77 bits per heavy atom. The van der Waals surface area contributed by atoms with E-state index in [0.717, 1.165) is 4.57 Å². The molecule has 1 aromatic carbocycles. The molecule has 3 aromatic rings. The van der Waals surface area contributed by atoms with E-state index < -0.39 is 6.55 Å². The summed E-state index contributed by atoms with van der Waals surface area (Å²) < 4.78 is 29.1. The number of allylic oxidation sites excluding steroid dienone is 1. The van der Waals surface area contributed by atoms with Crippen LogP contribution >= 0.6 is 0 Å². The quantitative estimate of drug-likeness (QED) is 0.698. The third kappa shape index (κ3) is 2.35. The molecular formula is C15H11F2N5. The lowest BCUT2D eigenvalue weighted by atomic mass is 10.2. The monoisotopic (exact) mass is 299 g/mol. The molecule has 0 atom stereocenters. The zero-order valence-corrected chi connectivity index (χ0v) is 11.6. The molecule has 0 fully saturated rings. The lowest BCUT2D eigenvalue weighted by molar-refractivity contribution is 0.0738. The summed E-state index contributed by atoms with van der Waals surface area (Å²) in [6, 6.07) is 8.50. The van der Waals surface area contributed by atoms with Crippen LogP contribution in [-0.4, -0.2) is 19.3 Å². The molecule has 22 heavy (non-hydrogen) atoms. The molecule has 3 rings (SSSR count). The average molecular weight is 299 g/mol. The molecule has 7 heteroatoms. The van der Waals surface area contributed by atoms with Crippen molar-refractivity contribution >= 4 is 22.7 Å². The van der Waals surface area contributed by atoms with Crippen molar-refractivity contribution in [3.63, 3.8) is 0 Å². The summed E-state index contributed by atoms with van der Waals surface area (Å²) in [5.41, 5.74) is 1.42. The number of imidazole rings is 1. The fraction of sp³-hybridized carbons (Fsp3) is 0.133. The fourth-order valence-electron chi connectivity index (χ4n) is 2.26. The number of benzene rings is 1. The van der Waals surface area contributed by atoms with E-state index in [1.54, 1.807) is 48.4 Å². The summed E-state index contributed by atoms with van der Waals surface area (Å²) in [6.07, 6.45) is 4.73. The first-order chi connectivity index (χ1) is 10.6. The van der Waals surface area contributed by atoms with Crippen molar-refractivity contribution in [1.82, 2.24) is 19.3 Å². The molecule has 2 heterocycles. The summed E-state index contributed by atoms with van der Waals surface area (Å²) >= 11 is 0. The minimum absolute atomic E-state index is 0.0532. The van der Waals surface area contributed by atoms with E-state index >= 15 is 0 Å². The van der Waals surface area contributed by atoms with Crippen LogP contribution < -0.4 is 0 Å². The van der Waals surface area contributed by atoms with Crippen LogP contribution in [-0.2, 0) is 7.05 Å². The van der Waals surface area contributed by atoms with E-state index in [1.807, 2.05) is 6.07 Å². The SMILES string of the molecule is Cn1cc(C=C(C#N)c2nc3ccccc3n2C(F)F)cn1. The van der Waals surface area contributed by atoms with Crippen molar-refractivity contribution < 1.29 is 8.78 Å². The van der Waals surface area contributed by atoms with Gasteiger partial charge in [-0.25, -0.2) is 4.98 Å².